The maximum atomic E-state index is 13.8. The minimum absolute atomic E-state index is 0.209. The number of esters is 1. The van der Waals surface area contributed by atoms with Crippen LogP contribution in [-0.4, -0.2) is 36.5 Å². The number of carbonyl (C=O) groups is 3. The number of anilines is 1. The second-order valence-corrected chi connectivity index (χ2v) is 9.35. The SMILES string of the molecule is CCCC[C@]1(C(=O)OCC)N[C@H](c2cccs2)[C@@H]2C(=O)N(c3ccc(OCC)cc3)C(=O)[C@H]21. The van der Waals surface area contributed by atoms with Crippen molar-refractivity contribution in [1.29, 1.82) is 0 Å². The molecular formula is C25H30N2O5S. The van der Waals surface area contributed by atoms with E-state index >= 15 is 0 Å². The summed E-state index contributed by atoms with van der Waals surface area (Å²) in [6, 6.07) is 10.4. The van der Waals surface area contributed by atoms with Gasteiger partial charge in [0.2, 0.25) is 11.8 Å². The Morgan fingerprint density at radius 2 is 1.85 bits per heavy atom. The van der Waals surface area contributed by atoms with Gasteiger partial charge in [-0.05, 0) is 56.0 Å². The van der Waals surface area contributed by atoms with Gasteiger partial charge < -0.3 is 9.47 Å². The predicted molar refractivity (Wildman–Crippen MR) is 126 cm³/mol. The van der Waals surface area contributed by atoms with Crippen molar-refractivity contribution in [2.24, 2.45) is 11.8 Å². The van der Waals surface area contributed by atoms with Gasteiger partial charge in [-0.25, -0.2) is 4.90 Å². The lowest BCUT2D eigenvalue weighted by atomic mass is 9.77. The van der Waals surface area contributed by atoms with Crippen LogP contribution in [0.15, 0.2) is 41.8 Å². The number of amides is 2. The molecule has 2 saturated heterocycles. The Kier molecular flexibility index (Phi) is 6.86. The van der Waals surface area contributed by atoms with Gasteiger partial charge in [0.05, 0.1) is 36.8 Å². The Morgan fingerprint density at radius 3 is 2.45 bits per heavy atom. The molecule has 1 aromatic heterocycles. The number of hydrogen-bond donors (Lipinski definition) is 1. The van der Waals surface area contributed by atoms with Crippen molar-refractivity contribution in [1.82, 2.24) is 5.32 Å². The maximum Gasteiger partial charge on any atom is 0.327 e. The van der Waals surface area contributed by atoms with E-state index in [1.165, 1.54) is 16.2 Å². The van der Waals surface area contributed by atoms with Crippen LogP contribution in [0.25, 0.3) is 0 Å². The summed E-state index contributed by atoms with van der Waals surface area (Å²) in [5.74, 6) is -1.93. The second-order valence-electron chi connectivity index (χ2n) is 8.38. The van der Waals surface area contributed by atoms with E-state index in [0.717, 1.165) is 17.7 Å². The van der Waals surface area contributed by atoms with E-state index in [1.807, 2.05) is 31.4 Å². The third-order valence-electron chi connectivity index (χ3n) is 6.47. The number of fused-ring (bicyclic) bond motifs is 1. The van der Waals surface area contributed by atoms with Gasteiger partial charge in [-0.2, -0.15) is 0 Å². The average Bonchev–Trinajstić information content (AvgIpc) is 3.51. The summed E-state index contributed by atoms with van der Waals surface area (Å²) in [5, 5.41) is 5.37. The van der Waals surface area contributed by atoms with Crippen molar-refractivity contribution in [3.8, 4) is 5.75 Å². The van der Waals surface area contributed by atoms with Crippen molar-refractivity contribution in [3.05, 3.63) is 46.7 Å². The van der Waals surface area contributed by atoms with Gasteiger partial charge in [-0.1, -0.05) is 25.8 Å². The van der Waals surface area contributed by atoms with Gasteiger partial charge in [-0.15, -0.1) is 11.3 Å². The molecule has 2 amide bonds. The van der Waals surface area contributed by atoms with Crippen molar-refractivity contribution >= 4 is 34.8 Å². The van der Waals surface area contributed by atoms with Crippen molar-refractivity contribution in [2.45, 2.75) is 51.6 Å². The van der Waals surface area contributed by atoms with Crippen LogP contribution in [0.1, 0.15) is 51.0 Å². The molecule has 3 heterocycles. The number of rotatable bonds is 9. The fraction of sp³-hybridized carbons (Fsp3) is 0.480. The van der Waals surface area contributed by atoms with Crippen molar-refractivity contribution in [3.63, 3.8) is 0 Å². The highest BCUT2D eigenvalue weighted by atomic mass is 32.1. The first kappa shape index (κ1) is 23.4. The lowest BCUT2D eigenvalue weighted by Gasteiger charge is -2.32. The Hall–Kier alpha value is -2.71. The van der Waals surface area contributed by atoms with Gasteiger partial charge in [0.15, 0.2) is 0 Å². The maximum absolute atomic E-state index is 13.8. The molecular weight excluding hydrogens is 440 g/mol. The molecule has 2 aliphatic heterocycles. The minimum Gasteiger partial charge on any atom is -0.494 e. The summed E-state index contributed by atoms with van der Waals surface area (Å²) in [4.78, 5) is 43.1. The van der Waals surface area contributed by atoms with Crippen molar-refractivity contribution < 1.29 is 23.9 Å². The van der Waals surface area contributed by atoms with Gasteiger partial charge in [0.25, 0.3) is 0 Å². The molecule has 0 unspecified atom stereocenters. The van der Waals surface area contributed by atoms with Gasteiger partial charge >= 0.3 is 5.97 Å². The molecule has 0 spiro atoms. The highest BCUT2D eigenvalue weighted by molar-refractivity contribution is 7.10. The summed E-state index contributed by atoms with van der Waals surface area (Å²) in [7, 11) is 0. The van der Waals surface area contributed by atoms with Crippen LogP contribution >= 0.6 is 11.3 Å². The van der Waals surface area contributed by atoms with Crippen molar-refractivity contribution in [2.75, 3.05) is 18.1 Å². The molecule has 33 heavy (non-hydrogen) atoms. The van der Waals surface area contributed by atoms with E-state index in [0.29, 0.717) is 24.5 Å². The fourth-order valence-electron chi connectivity index (χ4n) is 5.06. The number of carbonyl (C=O) groups excluding carboxylic acids is 3. The van der Waals surface area contributed by atoms with Gasteiger partial charge in [0, 0.05) is 4.88 Å². The molecule has 2 aromatic rings. The number of unbranched alkanes of at least 4 members (excludes halogenated alkanes) is 1. The number of nitrogens with zero attached hydrogens (tertiary/aromatic N) is 1. The molecule has 2 aliphatic rings. The Labute approximate surface area is 198 Å². The first-order valence-electron chi connectivity index (χ1n) is 11.6. The van der Waals surface area contributed by atoms with Crippen LogP contribution in [0.2, 0.25) is 0 Å². The quantitative estimate of drug-likeness (QED) is 0.439. The molecule has 176 valence electrons. The minimum atomic E-state index is -1.24. The largest absolute Gasteiger partial charge is 0.494 e. The lowest BCUT2D eigenvalue weighted by Crippen LogP contribution is -2.56. The van der Waals surface area contributed by atoms with E-state index in [4.69, 9.17) is 9.47 Å². The smallest absolute Gasteiger partial charge is 0.327 e. The molecule has 1 aromatic carbocycles. The molecule has 2 fully saturated rings. The van der Waals surface area contributed by atoms with E-state index in [-0.39, 0.29) is 18.4 Å². The average molecular weight is 471 g/mol. The van der Waals surface area contributed by atoms with Gasteiger partial charge in [0.1, 0.15) is 11.3 Å². The number of benzene rings is 1. The highest BCUT2D eigenvalue weighted by Gasteiger charge is 2.68. The van der Waals surface area contributed by atoms with Crippen LogP contribution in [0, 0.1) is 11.8 Å². The Morgan fingerprint density at radius 1 is 1.09 bits per heavy atom. The zero-order chi connectivity index (χ0) is 23.6. The summed E-state index contributed by atoms with van der Waals surface area (Å²) >= 11 is 1.51. The first-order valence-corrected chi connectivity index (χ1v) is 12.4. The number of imide groups is 1. The van der Waals surface area contributed by atoms with E-state index in [1.54, 1.807) is 31.2 Å². The van der Waals surface area contributed by atoms with Gasteiger partial charge in [-0.3, -0.25) is 19.7 Å². The summed E-state index contributed by atoms with van der Waals surface area (Å²) < 4.78 is 11.0. The summed E-state index contributed by atoms with van der Waals surface area (Å²) in [5.41, 5.74) is -0.751. The number of nitrogens with one attached hydrogen (secondary N) is 1. The second kappa shape index (κ2) is 9.65. The number of thiophene rings is 1. The Bertz CT molecular complexity index is 1010. The van der Waals surface area contributed by atoms with Crippen LogP contribution in [0.4, 0.5) is 5.69 Å². The molecule has 0 bridgehead atoms. The summed E-state index contributed by atoms with van der Waals surface area (Å²) in [6.07, 6.45) is 2.02. The first-order chi connectivity index (χ1) is 16.0. The van der Waals surface area contributed by atoms with E-state index < -0.39 is 29.4 Å². The highest BCUT2D eigenvalue weighted by Crippen LogP contribution is 2.52. The molecule has 0 aliphatic carbocycles. The Balaban J connectivity index is 1.78. The molecule has 0 radical (unpaired) electrons. The molecule has 4 atom stereocenters. The lowest BCUT2D eigenvalue weighted by molar-refractivity contribution is -0.155. The fourth-order valence-corrected chi connectivity index (χ4v) is 5.89. The topological polar surface area (TPSA) is 84.9 Å². The zero-order valence-electron chi connectivity index (χ0n) is 19.2. The third-order valence-corrected chi connectivity index (χ3v) is 7.43. The molecule has 8 heteroatoms. The van der Waals surface area contributed by atoms with Crippen LogP contribution in [0.5, 0.6) is 5.75 Å². The predicted octanol–water partition coefficient (Wildman–Crippen LogP) is 4.09. The van der Waals surface area contributed by atoms with E-state index in [9.17, 15) is 14.4 Å². The molecule has 7 nitrogen and oxygen atoms in total. The van der Waals surface area contributed by atoms with Crippen LogP contribution < -0.4 is 15.0 Å². The monoisotopic (exact) mass is 470 g/mol. The normalized spacial score (nSPS) is 26.5. The van der Waals surface area contributed by atoms with Crippen LogP contribution in [0.3, 0.4) is 0 Å². The standard InChI is InChI=1S/C25H30N2O5S/c1-4-7-14-25(24(30)32-6-3)20-19(21(26-25)18-9-8-15-33-18)22(28)27(23(20)29)16-10-12-17(13-11-16)31-5-2/h8-13,15,19-21,26H,4-7,14H2,1-3H3/t19-,20+,21-,25+/m1/s1. The molecule has 4 rings (SSSR count). The number of hydrogen-bond acceptors (Lipinski definition) is 7. The summed E-state index contributed by atoms with van der Waals surface area (Å²) in [6.45, 7) is 6.42. The zero-order valence-corrected chi connectivity index (χ0v) is 20.0. The molecule has 0 saturated carbocycles. The van der Waals surface area contributed by atoms with E-state index in [2.05, 4.69) is 5.32 Å². The third kappa shape index (κ3) is 3.95. The molecule has 1 N–H and O–H groups in total. The number of ether oxygens (including phenoxy) is 2. The van der Waals surface area contributed by atoms with Crippen LogP contribution in [-0.2, 0) is 19.1 Å².